The van der Waals surface area contributed by atoms with E-state index in [2.05, 4.69) is 11.6 Å². The first kappa shape index (κ1) is 13.1. The molecule has 18 heavy (non-hydrogen) atoms. The van der Waals surface area contributed by atoms with E-state index in [0.717, 1.165) is 18.5 Å². The molecular weight excluding hydrogens is 246 g/mol. The van der Waals surface area contributed by atoms with Crippen molar-refractivity contribution < 1.29 is 4.79 Å². The summed E-state index contributed by atoms with van der Waals surface area (Å²) >= 11 is 1.91. The van der Waals surface area contributed by atoms with Gasteiger partial charge in [-0.05, 0) is 43.7 Å². The van der Waals surface area contributed by atoms with Gasteiger partial charge in [0.05, 0.1) is 5.56 Å². The van der Waals surface area contributed by atoms with E-state index in [9.17, 15) is 4.79 Å². The molecular formula is C13H19N3OS. The van der Waals surface area contributed by atoms with Gasteiger partial charge in [0.15, 0.2) is 0 Å². The Kier molecular flexibility index (Phi) is 4.01. The Balaban J connectivity index is 2.12. The van der Waals surface area contributed by atoms with Crippen LogP contribution in [0.1, 0.15) is 29.6 Å². The molecule has 0 spiro atoms. The van der Waals surface area contributed by atoms with E-state index in [-0.39, 0.29) is 0 Å². The average molecular weight is 265 g/mol. The maximum atomic E-state index is 11.4. The number of rotatable bonds is 4. The molecule has 1 saturated carbocycles. The van der Waals surface area contributed by atoms with Gasteiger partial charge in [0.25, 0.3) is 5.91 Å². The van der Waals surface area contributed by atoms with Gasteiger partial charge in [-0.3, -0.25) is 4.79 Å². The van der Waals surface area contributed by atoms with Gasteiger partial charge >= 0.3 is 0 Å². The van der Waals surface area contributed by atoms with E-state index in [0.29, 0.717) is 22.5 Å². The van der Waals surface area contributed by atoms with Gasteiger partial charge < -0.3 is 16.8 Å². The number of hydrogen-bond donors (Lipinski definition) is 3. The van der Waals surface area contributed by atoms with Crippen molar-refractivity contribution in [2.75, 3.05) is 17.3 Å². The monoisotopic (exact) mass is 265 g/mol. The number of amides is 1. The first-order valence-electron chi connectivity index (χ1n) is 6.09. The predicted molar refractivity (Wildman–Crippen MR) is 77.9 cm³/mol. The number of hydrogen-bond acceptors (Lipinski definition) is 4. The molecule has 1 amide bonds. The van der Waals surface area contributed by atoms with Crippen LogP contribution in [0.3, 0.4) is 0 Å². The standard InChI is InChI=1S/C13H19N3OS/c1-18-10-4-3-9(7-10)16-12-5-2-8(14)6-11(12)13(15)17/h2,5-6,9-10,16H,3-4,7,14H2,1H3,(H2,15,17). The Bertz CT molecular complexity index is 450. The molecule has 0 aromatic heterocycles. The number of nitrogen functional groups attached to an aromatic ring is 1. The van der Waals surface area contributed by atoms with Gasteiger partial charge in [-0.2, -0.15) is 11.8 Å². The smallest absolute Gasteiger partial charge is 0.250 e. The number of carbonyl (C=O) groups is 1. The molecule has 2 rings (SSSR count). The minimum atomic E-state index is -0.441. The van der Waals surface area contributed by atoms with Crippen LogP contribution in [-0.4, -0.2) is 23.5 Å². The van der Waals surface area contributed by atoms with Crippen molar-refractivity contribution >= 4 is 29.0 Å². The van der Waals surface area contributed by atoms with Crippen molar-refractivity contribution in [1.82, 2.24) is 0 Å². The van der Waals surface area contributed by atoms with E-state index in [1.807, 2.05) is 17.8 Å². The fourth-order valence-corrected chi connectivity index (χ4v) is 3.19. The van der Waals surface area contributed by atoms with Crippen LogP contribution in [0.15, 0.2) is 18.2 Å². The summed E-state index contributed by atoms with van der Waals surface area (Å²) in [4.78, 5) is 11.4. The van der Waals surface area contributed by atoms with Crippen LogP contribution in [0, 0.1) is 0 Å². The zero-order chi connectivity index (χ0) is 13.1. The summed E-state index contributed by atoms with van der Waals surface area (Å²) in [6, 6.07) is 5.67. The van der Waals surface area contributed by atoms with Crippen molar-refractivity contribution in [3.63, 3.8) is 0 Å². The summed E-state index contributed by atoms with van der Waals surface area (Å²) < 4.78 is 0. The molecule has 0 heterocycles. The lowest BCUT2D eigenvalue weighted by Gasteiger charge is -2.16. The zero-order valence-corrected chi connectivity index (χ0v) is 11.3. The lowest BCUT2D eigenvalue weighted by atomic mass is 10.1. The van der Waals surface area contributed by atoms with Gasteiger partial charge in [0, 0.05) is 22.7 Å². The normalized spacial score (nSPS) is 22.9. The van der Waals surface area contributed by atoms with Gasteiger partial charge in [-0.25, -0.2) is 0 Å². The topological polar surface area (TPSA) is 81.1 Å². The molecule has 1 aromatic rings. The van der Waals surface area contributed by atoms with E-state index in [4.69, 9.17) is 11.5 Å². The Morgan fingerprint density at radius 2 is 2.22 bits per heavy atom. The van der Waals surface area contributed by atoms with Crippen LogP contribution in [0.25, 0.3) is 0 Å². The molecule has 0 bridgehead atoms. The maximum Gasteiger partial charge on any atom is 0.250 e. The number of carbonyl (C=O) groups excluding carboxylic acids is 1. The first-order chi connectivity index (χ1) is 8.60. The fourth-order valence-electron chi connectivity index (χ4n) is 2.40. The fraction of sp³-hybridized carbons (Fsp3) is 0.462. The summed E-state index contributed by atoms with van der Waals surface area (Å²) in [7, 11) is 0. The van der Waals surface area contributed by atoms with Gasteiger partial charge in [0.1, 0.15) is 0 Å². The Labute approximate surface area is 111 Å². The summed E-state index contributed by atoms with van der Waals surface area (Å²) in [5.41, 5.74) is 12.9. The number of thioether (sulfide) groups is 1. The predicted octanol–water partition coefficient (Wildman–Crippen LogP) is 2.06. The second-order valence-corrected chi connectivity index (χ2v) is 5.82. The highest BCUT2D eigenvalue weighted by atomic mass is 32.2. The van der Waals surface area contributed by atoms with Crippen LogP contribution in [0.2, 0.25) is 0 Å². The van der Waals surface area contributed by atoms with Crippen molar-refractivity contribution in [2.24, 2.45) is 5.73 Å². The average Bonchev–Trinajstić information content (AvgIpc) is 2.79. The number of anilines is 2. The number of nitrogens with one attached hydrogen (secondary N) is 1. The van der Waals surface area contributed by atoms with Crippen molar-refractivity contribution in [1.29, 1.82) is 0 Å². The van der Waals surface area contributed by atoms with Crippen molar-refractivity contribution in [3.05, 3.63) is 23.8 Å². The van der Waals surface area contributed by atoms with Crippen LogP contribution in [-0.2, 0) is 0 Å². The summed E-state index contributed by atoms with van der Waals surface area (Å²) in [6.45, 7) is 0. The van der Waals surface area contributed by atoms with E-state index in [1.54, 1.807) is 12.1 Å². The minimum Gasteiger partial charge on any atom is -0.399 e. The third kappa shape index (κ3) is 2.90. The molecule has 1 aliphatic carbocycles. The van der Waals surface area contributed by atoms with Gasteiger partial charge in [-0.1, -0.05) is 0 Å². The molecule has 1 fully saturated rings. The highest BCUT2D eigenvalue weighted by Crippen LogP contribution is 2.31. The first-order valence-corrected chi connectivity index (χ1v) is 7.37. The van der Waals surface area contributed by atoms with E-state index in [1.165, 1.54) is 6.42 Å². The third-order valence-corrected chi connectivity index (χ3v) is 4.48. The molecule has 1 aliphatic rings. The molecule has 1 aromatic carbocycles. The van der Waals surface area contributed by atoms with Gasteiger partial charge in [0.2, 0.25) is 0 Å². The molecule has 2 atom stereocenters. The quantitative estimate of drug-likeness (QED) is 0.728. The molecule has 5 N–H and O–H groups in total. The summed E-state index contributed by atoms with van der Waals surface area (Å²) in [5.74, 6) is -0.441. The van der Waals surface area contributed by atoms with Crippen LogP contribution in [0.4, 0.5) is 11.4 Å². The van der Waals surface area contributed by atoms with E-state index < -0.39 is 5.91 Å². The molecule has 5 heteroatoms. The highest BCUT2D eigenvalue weighted by molar-refractivity contribution is 7.99. The Morgan fingerprint density at radius 3 is 2.83 bits per heavy atom. The number of benzene rings is 1. The molecule has 0 saturated heterocycles. The van der Waals surface area contributed by atoms with Crippen LogP contribution < -0.4 is 16.8 Å². The number of primary amides is 1. The highest BCUT2D eigenvalue weighted by Gasteiger charge is 2.24. The lowest BCUT2D eigenvalue weighted by molar-refractivity contribution is 0.100. The van der Waals surface area contributed by atoms with Crippen LogP contribution in [0.5, 0.6) is 0 Å². The maximum absolute atomic E-state index is 11.4. The largest absolute Gasteiger partial charge is 0.399 e. The second-order valence-electron chi connectivity index (χ2n) is 4.68. The third-order valence-electron chi connectivity index (χ3n) is 3.39. The van der Waals surface area contributed by atoms with Crippen molar-refractivity contribution in [2.45, 2.75) is 30.6 Å². The minimum absolute atomic E-state index is 0.421. The molecule has 0 radical (unpaired) electrons. The Hall–Kier alpha value is -1.36. The summed E-state index contributed by atoms with van der Waals surface area (Å²) in [5, 5.41) is 4.13. The zero-order valence-electron chi connectivity index (χ0n) is 10.5. The number of nitrogens with two attached hydrogens (primary N) is 2. The Morgan fingerprint density at radius 1 is 1.44 bits per heavy atom. The van der Waals surface area contributed by atoms with Gasteiger partial charge in [-0.15, -0.1) is 0 Å². The lowest BCUT2D eigenvalue weighted by Crippen LogP contribution is -2.20. The van der Waals surface area contributed by atoms with E-state index >= 15 is 0 Å². The molecule has 98 valence electrons. The molecule has 4 nitrogen and oxygen atoms in total. The van der Waals surface area contributed by atoms with Crippen LogP contribution >= 0.6 is 11.8 Å². The molecule has 0 aliphatic heterocycles. The second kappa shape index (κ2) is 5.52. The van der Waals surface area contributed by atoms with Crippen molar-refractivity contribution in [3.8, 4) is 0 Å². The summed E-state index contributed by atoms with van der Waals surface area (Å²) in [6.07, 6.45) is 5.63. The molecule has 2 unspecified atom stereocenters. The SMILES string of the molecule is CSC1CCC(Nc2ccc(N)cc2C(N)=O)C1.